The second-order valence-corrected chi connectivity index (χ2v) is 6.08. The van der Waals surface area contributed by atoms with E-state index in [9.17, 15) is 4.79 Å². The van der Waals surface area contributed by atoms with Crippen molar-refractivity contribution < 1.29 is 0 Å². The monoisotopic (exact) mass is 318 g/mol. The van der Waals surface area contributed by atoms with E-state index in [1.165, 1.54) is 11.1 Å². The topological polar surface area (TPSA) is 44.9 Å². The van der Waals surface area contributed by atoms with Crippen molar-refractivity contribution >= 4 is 10.9 Å². The maximum Gasteiger partial charge on any atom is 0.251 e. The minimum absolute atomic E-state index is 0.0189. The molecular formula is C21H22N2O. The summed E-state index contributed by atoms with van der Waals surface area (Å²) in [5, 5.41) is 4.42. The number of hydrogen-bond donors (Lipinski definition) is 2. The minimum Gasteiger partial charge on any atom is -0.385 e. The number of nitrogens with one attached hydrogen (secondary N) is 2. The molecule has 0 bridgehead atoms. The summed E-state index contributed by atoms with van der Waals surface area (Å²) in [5.74, 6) is 0. The van der Waals surface area contributed by atoms with Crippen LogP contribution in [0.1, 0.15) is 29.2 Å². The molecule has 0 saturated heterocycles. The molecule has 0 aliphatic carbocycles. The third-order valence-electron chi connectivity index (χ3n) is 4.34. The van der Waals surface area contributed by atoms with Crippen LogP contribution in [0.25, 0.3) is 10.9 Å². The summed E-state index contributed by atoms with van der Waals surface area (Å²) in [6.45, 7) is 5.63. The summed E-state index contributed by atoms with van der Waals surface area (Å²) >= 11 is 0. The molecule has 3 aromatic rings. The van der Waals surface area contributed by atoms with Crippen molar-refractivity contribution in [3.8, 4) is 0 Å². The first-order valence-corrected chi connectivity index (χ1v) is 8.22. The largest absolute Gasteiger partial charge is 0.385 e. The molecule has 0 aliphatic heterocycles. The highest BCUT2D eigenvalue weighted by atomic mass is 16.1. The molecule has 1 aromatic heterocycles. The van der Waals surface area contributed by atoms with Crippen LogP contribution >= 0.6 is 0 Å². The van der Waals surface area contributed by atoms with Gasteiger partial charge in [-0.1, -0.05) is 43.0 Å². The Bertz CT molecular complexity index is 897. The molecule has 2 N–H and O–H groups in total. The summed E-state index contributed by atoms with van der Waals surface area (Å²) < 4.78 is 0. The number of aromatic amines is 1. The highest BCUT2D eigenvalue weighted by molar-refractivity contribution is 5.79. The van der Waals surface area contributed by atoms with Gasteiger partial charge in [0.15, 0.2) is 0 Å². The van der Waals surface area contributed by atoms with Crippen LogP contribution in [-0.2, 0) is 6.42 Å². The Hall–Kier alpha value is -2.81. The lowest BCUT2D eigenvalue weighted by Gasteiger charge is -2.18. The van der Waals surface area contributed by atoms with Crippen LogP contribution in [0.5, 0.6) is 0 Å². The van der Waals surface area contributed by atoms with Crippen molar-refractivity contribution in [3.05, 3.63) is 94.4 Å². The minimum atomic E-state index is -0.0189. The summed E-state index contributed by atoms with van der Waals surface area (Å²) in [7, 11) is 0. The molecule has 0 aliphatic rings. The molecule has 3 nitrogen and oxygen atoms in total. The van der Waals surface area contributed by atoms with Crippen molar-refractivity contribution in [1.82, 2.24) is 10.3 Å². The van der Waals surface area contributed by atoms with Gasteiger partial charge in [0, 0.05) is 11.1 Å². The van der Waals surface area contributed by atoms with Gasteiger partial charge in [-0.2, -0.15) is 0 Å². The van der Waals surface area contributed by atoms with Gasteiger partial charge in [-0.3, -0.25) is 4.79 Å². The first kappa shape index (κ1) is 16.1. The van der Waals surface area contributed by atoms with E-state index >= 15 is 0 Å². The van der Waals surface area contributed by atoms with Gasteiger partial charge in [0.25, 0.3) is 5.56 Å². The second kappa shape index (κ2) is 7.18. The second-order valence-electron chi connectivity index (χ2n) is 6.08. The maximum atomic E-state index is 11.7. The van der Waals surface area contributed by atoms with Gasteiger partial charge in [0.2, 0.25) is 0 Å². The molecule has 3 rings (SSSR count). The SMILES string of the molecule is C=CNC(CCc1ccc2[nH]c(=O)c(C)cc2c1)c1ccccc1. The maximum absolute atomic E-state index is 11.7. The standard InChI is InChI=1S/C21H22N2O/c1-3-22-19(17-7-5-4-6-8-17)11-9-16-10-12-20-18(14-16)13-15(2)21(24)23-20/h3-8,10,12-14,19,22H,1,9,11H2,2H3,(H,23,24). The average molecular weight is 318 g/mol. The highest BCUT2D eigenvalue weighted by Gasteiger charge is 2.09. The van der Waals surface area contributed by atoms with Gasteiger partial charge in [-0.15, -0.1) is 0 Å². The Labute approximate surface area is 142 Å². The Morgan fingerprint density at radius 1 is 1.17 bits per heavy atom. The molecule has 1 unspecified atom stereocenters. The van der Waals surface area contributed by atoms with Crippen LogP contribution in [0.2, 0.25) is 0 Å². The fourth-order valence-corrected chi connectivity index (χ4v) is 3.01. The fourth-order valence-electron chi connectivity index (χ4n) is 3.01. The Morgan fingerprint density at radius 2 is 1.96 bits per heavy atom. The third-order valence-corrected chi connectivity index (χ3v) is 4.34. The van der Waals surface area contributed by atoms with Crippen molar-refractivity contribution in [1.29, 1.82) is 0 Å². The molecule has 0 amide bonds. The predicted molar refractivity (Wildman–Crippen MR) is 100 cm³/mol. The van der Waals surface area contributed by atoms with E-state index in [-0.39, 0.29) is 11.6 Å². The van der Waals surface area contributed by atoms with Crippen molar-refractivity contribution in [2.24, 2.45) is 0 Å². The van der Waals surface area contributed by atoms with Gasteiger partial charge >= 0.3 is 0 Å². The average Bonchev–Trinajstić information content (AvgIpc) is 2.60. The van der Waals surface area contributed by atoms with E-state index in [1.807, 2.05) is 25.1 Å². The van der Waals surface area contributed by atoms with Crippen LogP contribution in [0.4, 0.5) is 0 Å². The van der Waals surface area contributed by atoms with Crippen molar-refractivity contribution in [2.45, 2.75) is 25.8 Å². The number of hydrogen-bond acceptors (Lipinski definition) is 2. The molecular weight excluding hydrogens is 296 g/mol. The van der Waals surface area contributed by atoms with Crippen molar-refractivity contribution in [2.75, 3.05) is 0 Å². The molecule has 1 heterocycles. The van der Waals surface area contributed by atoms with E-state index in [1.54, 1.807) is 6.20 Å². The molecule has 1 atom stereocenters. The highest BCUT2D eigenvalue weighted by Crippen LogP contribution is 2.21. The molecule has 0 fully saturated rings. The van der Waals surface area contributed by atoms with Gasteiger partial charge in [-0.05, 0) is 60.7 Å². The summed E-state index contributed by atoms with van der Waals surface area (Å²) in [6.07, 6.45) is 3.69. The number of benzene rings is 2. The zero-order valence-corrected chi connectivity index (χ0v) is 13.9. The third kappa shape index (κ3) is 3.57. The fraction of sp³-hybridized carbons (Fsp3) is 0.190. The molecule has 24 heavy (non-hydrogen) atoms. The predicted octanol–water partition coefficient (Wildman–Crippen LogP) is 4.24. The number of pyridine rings is 1. The van der Waals surface area contributed by atoms with Crippen LogP contribution in [-0.4, -0.2) is 4.98 Å². The molecule has 0 radical (unpaired) electrons. The summed E-state index contributed by atoms with van der Waals surface area (Å²) in [6, 6.07) is 18.9. The van der Waals surface area contributed by atoms with Crippen molar-refractivity contribution in [3.63, 3.8) is 0 Å². The lowest BCUT2D eigenvalue weighted by atomic mass is 9.98. The van der Waals surface area contributed by atoms with Gasteiger partial charge in [0.05, 0.1) is 6.04 Å². The quantitative estimate of drug-likeness (QED) is 0.714. The van der Waals surface area contributed by atoms with Crippen LogP contribution in [0, 0.1) is 6.92 Å². The zero-order chi connectivity index (χ0) is 16.9. The van der Waals surface area contributed by atoms with Gasteiger partial charge in [0.1, 0.15) is 0 Å². The molecule has 2 aromatic carbocycles. The molecule has 0 spiro atoms. The number of fused-ring (bicyclic) bond motifs is 1. The van der Waals surface area contributed by atoms with Crippen LogP contribution in [0.15, 0.2) is 72.2 Å². The Kier molecular flexibility index (Phi) is 4.80. The van der Waals surface area contributed by atoms with Gasteiger partial charge in [-0.25, -0.2) is 0 Å². The summed E-state index contributed by atoms with van der Waals surface area (Å²) in [5.41, 5.74) is 4.14. The lowest BCUT2D eigenvalue weighted by molar-refractivity contribution is 0.572. The molecule has 3 heteroatoms. The first-order chi connectivity index (χ1) is 11.7. The smallest absolute Gasteiger partial charge is 0.251 e. The van der Waals surface area contributed by atoms with Gasteiger partial charge < -0.3 is 10.3 Å². The Morgan fingerprint density at radius 3 is 2.71 bits per heavy atom. The number of aromatic nitrogens is 1. The molecule has 122 valence electrons. The summed E-state index contributed by atoms with van der Waals surface area (Å²) in [4.78, 5) is 14.6. The van der Waals surface area contributed by atoms with E-state index in [4.69, 9.17) is 0 Å². The van der Waals surface area contributed by atoms with E-state index in [2.05, 4.69) is 53.3 Å². The number of aryl methyl sites for hydroxylation is 2. The Balaban J connectivity index is 1.79. The lowest BCUT2D eigenvalue weighted by Crippen LogP contribution is -2.16. The normalized spacial score (nSPS) is 12.0. The first-order valence-electron chi connectivity index (χ1n) is 8.22. The van der Waals surface area contributed by atoms with E-state index < -0.39 is 0 Å². The van der Waals surface area contributed by atoms with Crippen LogP contribution < -0.4 is 10.9 Å². The number of rotatable bonds is 6. The zero-order valence-electron chi connectivity index (χ0n) is 13.9. The van der Waals surface area contributed by atoms with E-state index in [0.29, 0.717) is 0 Å². The van der Waals surface area contributed by atoms with Crippen LogP contribution in [0.3, 0.4) is 0 Å². The van der Waals surface area contributed by atoms with E-state index in [0.717, 1.165) is 29.3 Å². The molecule has 0 saturated carbocycles. The number of H-pyrrole nitrogens is 1.